The molecule has 25 heteroatoms. The summed E-state index contributed by atoms with van der Waals surface area (Å²) in [6, 6.07) is 10.0. The third-order valence-electron chi connectivity index (χ3n) is 11.8. The average Bonchev–Trinajstić information content (AvgIpc) is 3.42. The summed E-state index contributed by atoms with van der Waals surface area (Å²) >= 11 is 0. The van der Waals surface area contributed by atoms with Crippen LogP contribution in [0.1, 0.15) is 73.4 Å². The van der Waals surface area contributed by atoms with E-state index in [-0.39, 0.29) is 65.7 Å². The lowest BCUT2D eigenvalue weighted by Gasteiger charge is -2.35. The van der Waals surface area contributed by atoms with Crippen LogP contribution in [0.2, 0.25) is 0 Å². The number of hydrogen-bond donors (Lipinski definition) is 6. The molecule has 0 unspecified atom stereocenters. The molecule has 0 spiro atoms. The Hall–Kier alpha value is -6.51. The van der Waals surface area contributed by atoms with Gasteiger partial charge in [-0.15, -0.1) is 0 Å². The largest absolute Gasteiger partial charge is 0.487 e. The molecule has 0 bridgehead atoms. The summed E-state index contributed by atoms with van der Waals surface area (Å²) in [6.07, 6.45) is -1.19. The first-order valence-electron chi connectivity index (χ1n) is 26.2. The smallest absolute Gasteiger partial charge is 0.408 e. The molecule has 2 aromatic carbocycles. The van der Waals surface area contributed by atoms with Crippen molar-refractivity contribution in [2.24, 2.45) is 0 Å². The maximum Gasteiger partial charge on any atom is 0.408 e. The predicted molar refractivity (Wildman–Crippen MR) is 284 cm³/mol. The fraction of sp³-hybridized carbons (Fsp3) is 0.648. The monoisotopic (exact) mass is 1120 g/mol. The minimum Gasteiger partial charge on any atom is -0.487 e. The normalized spacial score (nSPS) is 17.3. The Morgan fingerprint density at radius 3 is 1.14 bits per heavy atom. The van der Waals surface area contributed by atoms with Crippen molar-refractivity contribution in [3.05, 3.63) is 47.5 Å². The lowest BCUT2D eigenvalue weighted by Crippen LogP contribution is -2.66. The number of nitrogens with one attached hydrogen (secondary N) is 6. The van der Waals surface area contributed by atoms with Gasteiger partial charge in [-0.25, -0.2) is 4.79 Å². The Balaban J connectivity index is 1.56. The highest BCUT2D eigenvalue weighted by Gasteiger charge is 2.43. The number of ether oxygens (including phenoxy) is 12. The van der Waals surface area contributed by atoms with E-state index >= 15 is 0 Å². The van der Waals surface area contributed by atoms with E-state index in [2.05, 4.69) is 31.9 Å². The van der Waals surface area contributed by atoms with Gasteiger partial charge in [0.2, 0.25) is 29.5 Å². The van der Waals surface area contributed by atoms with Gasteiger partial charge in [-0.3, -0.25) is 28.8 Å². The first-order valence-corrected chi connectivity index (χ1v) is 26.2. The van der Waals surface area contributed by atoms with Crippen molar-refractivity contribution in [1.82, 2.24) is 31.9 Å². The van der Waals surface area contributed by atoms with Crippen molar-refractivity contribution in [1.29, 1.82) is 0 Å². The van der Waals surface area contributed by atoms with Crippen LogP contribution in [-0.2, 0) is 79.5 Å². The van der Waals surface area contributed by atoms with Gasteiger partial charge in [0.1, 0.15) is 60.7 Å². The molecule has 2 aliphatic heterocycles. The SMILES string of the molecule is COC(=O)CNC(=O)[C@](C)(Cc1ccc2c(c1)OCCOCCOCCOCCO2)NC(=O)C(C)(C)NC(=O)CNC(=O)[C@](C)(Cc1ccc2c(c1)OCCOCCOCCOCCO2)NC(=O)C(C)(C)NC(=O)OC(C)(C)C. The summed E-state index contributed by atoms with van der Waals surface area (Å²) in [5.41, 5.74) is -6.80. The fourth-order valence-corrected chi connectivity index (χ4v) is 7.55. The number of benzene rings is 2. The van der Waals surface area contributed by atoms with E-state index in [9.17, 15) is 33.6 Å². The molecule has 0 saturated carbocycles. The van der Waals surface area contributed by atoms with Gasteiger partial charge < -0.3 is 88.7 Å². The van der Waals surface area contributed by atoms with Crippen LogP contribution in [0.15, 0.2) is 36.4 Å². The number of carbonyl (C=O) groups excluding carboxylic acids is 7. The molecule has 2 aliphatic rings. The summed E-state index contributed by atoms with van der Waals surface area (Å²) in [5.74, 6) is -3.28. The second-order valence-corrected chi connectivity index (χ2v) is 20.9. The number of carbonyl (C=O) groups is 7. The Bertz CT molecular complexity index is 2340. The number of amides is 6. The molecule has 2 heterocycles. The van der Waals surface area contributed by atoms with Gasteiger partial charge in [-0.2, -0.15) is 0 Å². The second-order valence-electron chi connectivity index (χ2n) is 20.9. The van der Waals surface area contributed by atoms with E-state index in [1.54, 1.807) is 57.2 Å². The first kappa shape index (κ1) is 65.0. The molecule has 0 aromatic heterocycles. The third-order valence-corrected chi connectivity index (χ3v) is 11.8. The van der Waals surface area contributed by atoms with Crippen molar-refractivity contribution >= 4 is 41.6 Å². The molecular formula is C54H82N6O19. The van der Waals surface area contributed by atoms with E-state index in [0.717, 1.165) is 7.11 Å². The molecule has 25 nitrogen and oxygen atoms in total. The summed E-state index contributed by atoms with van der Waals surface area (Å²) < 4.78 is 67.5. The second kappa shape index (κ2) is 31.3. The highest BCUT2D eigenvalue weighted by molar-refractivity contribution is 5.99. The lowest BCUT2D eigenvalue weighted by atomic mass is 9.89. The van der Waals surface area contributed by atoms with Crippen LogP contribution in [0.3, 0.4) is 0 Å². The van der Waals surface area contributed by atoms with Gasteiger partial charge in [0, 0.05) is 12.8 Å². The number of alkyl carbamates (subject to hydrolysis) is 1. The Morgan fingerprint density at radius 2 is 0.772 bits per heavy atom. The Kier molecular flexibility index (Phi) is 25.8. The summed E-state index contributed by atoms with van der Waals surface area (Å²) in [6.45, 7) is 17.1. The summed E-state index contributed by atoms with van der Waals surface area (Å²) in [4.78, 5) is 95.6. The van der Waals surface area contributed by atoms with Gasteiger partial charge in [-0.1, -0.05) is 12.1 Å². The highest BCUT2D eigenvalue weighted by Crippen LogP contribution is 2.32. The number of hydrogen-bond acceptors (Lipinski definition) is 19. The van der Waals surface area contributed by atoms with Crippen LogP contribution in [0.4, 0.5) is 4.79 Å². The van der Waals surface area contributed by atoms with Crippen molar-refractivity contribution in [2.75, 3.05) is 126 Å². The zero-order valence-corrected chi connectivity index (χ0v) is 47.4. The quantitative estimate of drug-likeness (QED) is 0.130. The molecule has 6 N–H and O–H groups in total. The van der Waals surface area contributed by atoms with Gasteiger partial charge in [0.05, 0.1) is 92.9 Å². The van der Waals surface area contributed by atoms with Crippen LogP contribution in [0.5, 0.6) is 23.0 Å². The van der Waals surface area contributed by atoms with E-state index in [4.69, 9.17) is 56.8 Å². The van der Waals surface area contributed by atoms with E-state index in [1.807, 2.05) is 0 Å². The Morgan fingerprint density at radius 1 is 0.430 bits per heavy atom. The third kappa shape index (κ3) is 23.0. The molecule has 442 valence electrons. The summed E-state index contributed by atoms with van der Waals surface area (Å²) in [7, 11) is 1.16. The van der Waals surface area contributed by atoms with Gasteiger partial charge in [0.25, 0.3) is 0 Å². The number of rotatable bonds is 16. The van der Waals surface area contributed by atoms with Crippen molar-refractivity contribution in [3.8, 4) is 23.0 Å². The fourth-order valence-electron chi connectivity index (χ4n) is 7.55. The molecule has 4 rings (SSSR count). The van der Waals surface area contributed by atoms with Crippen LogP contribution >= 0.6 is 0 Å². The molecule has 79 heavy (non-hydrogen) atoms. The highest BCUT2D eigenvalue weighted by atomic mass is 16.6. The Labute approximate surface area is 462 Å². The molecular weight excluding hydrogens is 1040 g/mol. The lowest BCUT2D eigenvalue weighted by molar-refractivity contribution is -0.142. The standard InChI is InChI=1S/C54H82N6O19/c1-50(2,3)79-49(67)60-52(6,7)46(64)59-53(8,33-37-11-13-39-41(31-37)77-29-25-73-21-17-69-15-19-71-23-27-75-39)47(65)55-35-43(61)57-51(4,5)45(63)58-54(9,48(66)56-36-44(62)68-10)34-38-12-14-40-42(32-38)78-30-26-74-22-18-70-16-20-72-24-28-76-40/h11-14,31-32H,15-30,33-36H2,1-10H3,(H,55,65)(H,56,66)(H,57,61)(H,58,63)(H,59,64)(H,60,67)/t53-,54-/m0/s1. The molecule has 0 radical (unpaired) electrons. The molecule has 2 atom stereocenters. The summed E-state index contributed by atoms with van der Waals surface area (Å²) in [5, 5.41) is 15.8. The van der Waals surface area contributed by atoms with Crippen LogP contribution in [-0.4, -0.2) is 195 Å². The number of esters is 1. The van der Waals surface area contributed by atoms with Gasteiger partial charge in [0.15, 0.2) is 23.0 Å². The van der Waals surface area contributed by atoms with Crippen LogP contribution in [0.25, 0.3) is 0 Å². The van der Waals surface area contributed by atoms with E-state index in [1.165, 1.54) is 41.5 Å². The van der Waals surface area contributed by atoms with Gasteiger partial charge in [-0.05, 0) is 97.7 Å². The zero-order valence-electron chi connectivity index (χ0n) is 47.4. The zero-order chi connectivity index (χ0) is 58.1. The number of fused-ring (bicyclic) bond motifs is 2. The predicted octanol–water partition coefficient (Wildman–Crippen LogP) is 1.47. The average molecular weight is 1120 g/mol. The maximum atomic E-state index is 14.5. The van der Waals surface area contributed by atoms with Crippen molar-refractivity contribution < 1.29 is 90.4 Å². The molecule has 0 saturated heterocycles. The van der Waals surface area contributed by atoms with E-state index in [0.29, 0.717) is 87.0 Å². The van der Waals surface area contributed by atoms with Crippen molar-refractivity contribution in [2.45, 2.75) is 103 Å². The van der Waals surface area contributed by atoms with Crippen molar-refractivity contribution in [3.63, 3.8) is 0 Å². The van der Waals surface area contributed by atoms with Crippen LogP contribution < -0.4 is 50.8 Å². The van der Waals surface area contributed by atoms with Crippen LogP contribution in [0, 0.1) is 0 Å². The number of methoxy groups -OCH3 is 1. The molecule has 2 aromatic rings. The molecule has 0 fully saturated rings. The minimum absolute atomic E-state index is 0.142. The van der Waals surface area contributed by atoms with E-state index < -0.39 is 82.4 Å². The molecule has 6 amide bonds. The minimum atomic E-state index is -1.82. The van der Waals surface area contributed by atoms with Gasteiger partial charge >= 0.3 is 12.1 Å². The topological polar surface area (TPSA) is 302 Å². The first-order chi connectivity index (χ1) is 37.3. The maximum absolute atomic E-state index is 14.5. The molecule has 0 aliphatic carbocycles.